The molecule has 3 rings (SSSR count). The number of aromatic nitrogens is 1. The monoisotopic (exact) mass is 248 g/mol. The van der Waals surface area contributed by atoms with Gasteiger partial charge in [-0.25, -0.2) is 0 Å². The summed E-state index contributed by atoms with van der Waals surface area (Å²) in [6.07, 6.45) is 3.69. The number of aryl methyl sites for hydroxylation is 1. The van der Waals surface area contributed by atoms with Crippen LogP contribution in [-0.4, -0.2) is 4.98 Å². The van der Waals surface area contributed by atoms with Crippen molar-refractivity contribution in [2.45, 2.75) is 13.0 Å². The van der Waals surface area contributed by atoms with E-state index in [-0.39, 0.29) is 6.04 Å². The lowest BCUT2D eigenvalue weighted by Gasteiger charge is -2.17. The van der Waals surface area contributed by atoms with Gasteiger partial charge in [-0.15, -0.1) is 0 Å². The fourth-order valence-electron chi connectivity index (χ4n) is 2.52. The average molecular weight is 248 g/mol. The first-order valence-electron chi connectivity index (χ1n) is 6.41. The van der Waals surface area contributed by atoms with Gasteiger partial charge in [-0.05, 0) is 35.1 Å². The van der Waals surface area contributed by atoms with Gasteiger partial charge in [0.25, 0.3) is 0 Å². The van der Waals surface area contributed by atoms with E-state index < -0.39 is 0 Å². The second kappa shape index (κ2) is 4.82. The van der Waals surface area contributed by atoms with Gasteiger partial charge in [0, 0.05) is 17.8 Å². The van der Waals surface area contributed by atoms with Crippen molar-refractivity contribution in [3.8, 4) is 0 Å². The summed E-state index contributed by atoms with van der Waals surface area (Å²) in [5.41, 5.74) is 10.0. The van der Waals surface area contributed by atoms with Gasteiger partial charge < -0.3 is 5.73 Å². The molecule has 0 radical (unpaired) electrons. The maximum Gasteiger partial charge on any atom is 0.0560 e. The molecular weight excluding hydrogens is 232 g/mol. The van der Waals surface area contributed by atoms with Crippen LogP contribution < -0.4 is 5.73 Å². The summed E-state index contributed by atoms with van der Waals surface area (Å²) < 4.78 is 0. The van der Waals surface area contributed by atoms with Crippen molar-refractivity contribution in [2.24, 2.45) is 5.73 Å². The number of nitrogens with zero attached hydrogens (tertiary/aromatic N) is 1. The van der Waals surface area contributed by atoms with Crippen LogP contribution in [0.2, 0.25) is 0 Å². The van der Waals surface area contributed by atoms with Crippen molar-refractivity contribution in [2.75, 3.05) is 0 Å². The SMILES string of the molecule is Cc1ccccc1C(N)c1cccc2cnccc12. The third-order valence-electron chi connectivity index (χ3n) is 3.57. The molecule has 0 saturated heterocycles. The van der Waals surface area contributed by atoms with Crippen molar-refractivity contribution in [1.82, 2.24) is 4.98 Å². The minimum absolute atomic E-state index is 0.104. The first-order chi connectivity index (χ1) is 9.27. The highest BCUT2D eigenvalue weighted by atomic mass is 14.6. The molecule has 0 fully saturated rings. The van der Waals surface area contributed by atoms with E-state index in [1.165, 1.54) is 16.5 Å². The maximum atomic E-state index is 6.46. The summed E-state index contributed by atoms with van der Waals surface area (Å²) >= 11 is 0. The van der Waals surface area contributed by atoms with Gasteiger partial charge in [0.1, 0.15) is 0 Å². The fourth-order valence-corrected chi connectivity index (χ4v) is 2.52. The van der Waals surface area contributed by atoms with Crippen molar-refractivity contribution in [1.29, 1.82) is 0 Å². The molecule has 1 atom stereocenters. The Bertz CT molecular complexity index is 714. The summed E-state index contributed by atoms with van der Waals surface area (Å²) in [5.74, 6) is 0. The Balaban J connectivity index is 2.17. The van der Waals surface area contributed by atoms with E-state index >= 15 is 0 Å². The second-order valence-electron chi connectivity index (χ2n) is 4.78. The Morgan fingerprint density at radius 2 is 1.74 bits per heavy atom. The molecule has 19 heavy (non-hydrogen) atoms. The van der Waals surface area contributed by atoms with Crippen molar-refractivity contribution in [3.63, 3.8) is 0 Å². The number of hydrogen-bond acceptors (Lipinski definition) is 2. The van der Waals surface area contributed by atoms with Gasteiger partial charge in [0.2, 0.25) is 0 Å². The Morgan fingerprint density at radius 3 is 2.58 bits per heavy atom. The van der Waals surface area contributed by atoms with Crippen LogP contribution in [0.5, 0.6) is 0 Å². The molecule has 1 unspecified atom stereocenters. The molecule has 1 aromatic heterocycles. The van der Waals surface area contributed by atoms with E-state index in [2.05, 4.69) is 36.2 Å². The van der Waals surface area contributed by atoms with E-state index in [1.807, 2.05) is 36.7 Å². The molecule has 0 spiro atoms. The van der Waals surface area contributed by atoms with Crippen LogP contribution >= 0.6 is 0 Å². The Labute approximate surface area is 112 Å². The highest BCUT2D eigenvalue weighted by Crippen LogP contribution is 2.28. The lowest BCUT2D eigenvalue weighted by atomic mass is 9.93. The number of rotatable bonds is 2. The van der Waals surface area contributed by atoms with Gasteiger partial charge in [-0.2, -0.15) is 0 Å². The lowest BCUT2D eigenvalue weighted by molar-refractivity contribution is 0.870. The normalized spacial score (nSPS) is 12.5. The molecule has 0 bridgehead atoms. The summed E-state index contributed by atoms with van der Waals surface area (Å²) in [5, 5.41) is 2.30. The molecular formula is C17H16N2. The highest BCUT2D eigenvalue weighted by molar-refractivity contribution is 5.85. The molecule has 2 aromatic carbocycles. The molecule has 2 N–H and O–H groups in total. The number of pyridine rings is 1. The highest BCUT2D eigenvalue weighted by Gasteiger charge is 2.13. The largest absolute Gasteiger partial charge is 0.320 e. The fraction of sp³-hybridized carbons (Fsp3) is 0.118. The summed E-state index contributed by atoms with van der Waals surface area (Å²) in [7, 11) is 0. The van der Waals surface area contributed by atoms with Crippen LogP contribution in [0.3, 0.4) is 0 Å². The zero-order valence-electron chi connectivity index (χ0n) is 10.9. The Hall–Kier alpha value is -2.19. The van der Waals surface area contributed by atoms with Crippen LogP contribution in [0, 0.1) is 6.92 Å². The average Bonchev–Trinajstić information content (AvgIpc) is 2.46. The van der Waals surface area contributed by atoms with Gasteiger partial charge >= 0.3 is 0 Å². The molecule has 0 aliphatic carbocycles. The number of hydrogen-bond donors (Lipinski definition) is 1. The molecule has 0 aliphatic rings. The topological polar surface area (TPSA) is 38.9 Å². The van der Waals surface area contributed by atoms with E-state index in [9.17, 15) is 0 Å². The maximum absolute atomic E-state index is 6.46. The van der Waals surface area contributed by atoms with Crippen molar-refractivity contribution >= 4 is 10.8 Å². The van der Waals surface area contributed by atoms with Crippen LogP contribution in [0.4, 0.5) is 0 Å². The van der Waals surface area contributed by atoms with E-state index in [4.69, 9.17) is 5.73 Å². The zero-order chi connectivity index (χ0) is 13.2. The molecule has 2 heteroatoms. The first-order valence-corrected chi connectivity index (χ1v) is 6.41. The van der Waals surface area contributed by atoms with Gasteiger partial charge in [0.05, 0.1) is 6.04 Å². The summed E-state index contributed by atoms with van der Waals surface area (Å²) in [6.45, 7) is 2.10. The van der Waals surface area contributed by atoms with E-state index in [0.29, 0.717) is 0 Å². The van der Waals surface area contributed by atoms with Gasteiger partial charge in [-0.1, -0.05) is 42.5 Å². The van der Waals surface area contributed by atoms with Crippen molar-refractivity contribution in [3.05, 3.63) is 77.6 Å². The predicted octanol–water partition coefficient (Wildman–Crippen LogP) is 3.59. The van der Waals surface area contributed by atoms with Gasteiger partial charge in [0.15, 0.2) is 0 Å². The standard InChI is InChI=1S/C17H16N2/c1-12-5-2-3-7-14(12)17(18)16-8-4-6-13-11-19-10-9-15(13)16/h2-11,17H,18H2,1H3. The minimum atomic E-state index is -0.104. The first kappa shape index (κ1) is 11.9. The molecule has 94 valence electrons. The van der Waals surface area contributed by atoms with Gasteiger partial charge in [-0.3, -0.25) is 4.98 Å². The van der Waals surface area contributed by atoms with Crippen molar-refractivity contribution < 1.29 is 0 Å². The zero-order valence-corrected chi connectivity index (χ0v) is 10.9. The van der Waals surface area contributed by atoms with Crippen LogP contribution in [0.15, 0.2) is 60.9 Å². The molecule has 3 aromatic rings. The number of benzene rings is 2. The quantitative estimate of drug-likeness (QED) is 0.752. The van der Waals surface area contributed by atoms with E-state index in [0.717, 1.165) is 10.9 Å². The minimum Gasteiger partial charge on any atom is -0.320 e. The molecule has 0 saturated carbocycles. The molecule has 0 amide bonds. The molecule has 2 nitrogen and oxygen atoms in total. The summed E-state index contributed by atoms with van der Waals surface area (Å²) in [4.78, 5) is 4.16. The second-order valence-corrected chi connectivity index (χ2v) is 4.78. The van der Waals surface area contributed by atoms with E-state index in [1.54, 1.807) is 0 Å². The van der Waals surface area contributed by atoms with Crippen LogP contribution in [0.1, 0.15) is 22.7 Å². The Kier molecular flexibility index (Phi) is 3.02. The van der Waals surface area contributed by atoms with Crippen LogP contribution in [0.25, 0.3) is 10.8 Å². The van der Waals surface area contributed by atoms with Crippen LogP contribution in [-0.2, 0) is 0 Å². The third-order valence-corrected chi connectivity index (χ3v) is 3.57. The smallest absolute Gasteiger partial charge is 0.0560 e. The summed E-state index contributed by atoms with van der Waals surface area (Å²) in [6, 6.07) is 16.4. The number of fused-ring (bicyclic) bond motifs is 1. The lowest BCUT2D eigenvalue weighted by Crippen LogP contribution is -2.13. The third kappa shape index (κ3) is 2.11. The predicted molar refractivity (Wildman–Crippen MR) is 79.0 cm³/mol. The Morgan fingerprint density at radius 1 is 0.947 bits per heavy atom. The number of nitrogens with two attached hydrogens (primary N) is 1. The molecule has 1 heterocycles. The molecule has 0 aliphatic heterocycles.